The average Bonchev–Trinajstić information content (AvgIpc) is 3.25. The minimum Gasteiger partial charge on any atom is -0.497 e. The van der Waals surface area contributed by atoms with Gasteiger partial charge in [-0.15, -0.1) is 0 Å². The highest BCUT2D eigenvalue weighted by Crippen LogP contribution is 2.37. The van der Waals surface area contributed by atoms with Crippen molar-refractivity contribution in [1.82, 2.24) is 0 Å². The van der Waals surface area contributed by atoms with Gasteiger partial charge in [0, 0.05) is 38.2 Å². The fourth-order valence-electron chi connectivity index (χ4n) is 4.02. The average molecular weight is 541 g/mol. The highest BCUT2D eigenvalue weighted by molar-refractivity contribution is 7.99. The fraction of sp³-hybridized carbons (Fsp3) is 0.0333. The Labute approximate surface area is 229 Å². The number of hydrogen-bond donors (Lipinski definition) is 0. The van der Waals surface area contributed by atoms with Crippen LogP contribution in [-0.2, 0) is 4.79 Å². The van der Waals surface area contributed by atoms with Crippen LogP contribution in [0.5, 0.6) is 5.75 Å². The van der Waals surface area contributed by atoms with Crippen LogP contribution in [0.4, 0.5) is 11.4 Å². The lowest BCUT2D eigenvalue weighted by Gasteiger charge is -2.21. The molecular formula is C30H21ClN2O4S. The molecule has 0 unspecified atom stereocenters. The van der Waals surface area contributed by atoms with Gasteiger partial charge in [-0.2, -0.15) is 0 Å². The number of amides is 1. The van der Waals surface area contributed by atoms with E-state index in [9.17, 15) is 14.9 Å². The van der Waals surface area contributed by atoms with Crippen LogP contribution >= 0.6 is 23.4 Å². The Hall–Kier alpha value is -4.33. The van der Waals surface area contributed by atoms with Gasteiger partial charge in [0.2, 0.25) is 0 Å². The quantitative estimate of drug-likeness (QED) is 0.135. The highest BCUT2D eigenvalue weighted by Gasteiger charge is 2.30. The molecule has 0 fully saturated rings. The topological polar surface area (TPSA) is 72.7 Å². The molecule has 6 nitrogen and oxygen atoms in total. The van der Waals surface area contributed by atoms with Crippen LogP contribution in [0.15, 0.2) is 119 Å². The van der Waals surface area contributed by atoms with E-state index in [0.29, 0.717) is 10.6 Å². The minimum absolute atomic E-state index is 0.0530. The summed E-state index contributed by atoms with van der Waals surface area (Å²) < 4.78 is 5.23. The molecule has 4 aromatic carbocycles. The minimum atomic E-state index is -0.417. The molecule has 0 saturated heterocycles. The Kier molecular flexibility index (Phi) is 7.31. The van der Waals surface area contributed by atoms with Crippen molar-refractivity contribution in [2.24, 2.45) is 0 Å². The summed E-state index contributed by atoms with van der Waals surface area (Å²) in [5, 5.41) is 11.5. The summed E-state index contributed by atoms with van der Waals surface area (Å²) >= 11 is 7.60. The molecule has 0 atom stereocenters. The summed E-state index contributed by atoms with van der Waals surface area (Å²) in [6.45, 7) is 0. The van der Waals surface area contributed by atoms with Crippen molar-refractivity contribution in [3.63, 3.8) is 0 Å². The zero-order chi connectivity index (χ0) is 26.6. The zero-order valence-electron chi connectivity index (χ0n) is 20.2. The maximum absolute atomic E-state index is 13.6. The van der Waals surface area contributed by atoms with E-state index in [0.717, 1.165) is 38.1 Å². The van der Waals surface area contributed by atoms with Crippen LogP contribution < -0.4 is 9.64 Å². The Morgan fingerprint density at radius 3 is 2.05 bits per heavy atom. The van der Waals surface area contributed by atoms with Crippen molar-refractivity contribution in [1.29, 1.82) is 0 Å². The van der Waals surface area contributed by atoms with E-state index in [4.69, 9.17) is 16.3 Å². The number of nitro benzene ring substituents is 1. The van der Waals surface area contributed by atoms with Crippen LogP contribution in [0, 0.1) is 10.1 Å². The van der Waals surface area contributed by atoms with Crippen molar-refractivity contribution in [3.8, 4) is 5.75 Å². The predicted octanol–water partition coefficient (Wildman–Crippen LogP) is 7.88. The lowest BCUT2D eigenvalue weighted by atomic mass is 10.1. The molecule has 0 bridgehead atoms. The molecule has 1 amide bonds. The molecule has 38 heavy (non-hydrogen) atoms. The smallest absolute Gasteiger partial charge is 0.269 e. The summed E-state index contributed by atoms with van der Waals surface area (Å²) in [4.78, 5) is 27.6. The van der Waals surface area contributed by atoms with Gasteiger partial charge in [0.1, 0.15) is 5.75 Å². The second-order valence-corrected chi connectivity index (χ2v) is 9.98. The third-order valence-electron chi connectivity index (χ3n) is 5.94. The molecular weight excluding hydrogens is 520 g/mol. The van der Waals surface area contributed by atoms with Gasteiger partial charge in [-0.05, 0) is 83.9 Å². The Bertz CT molecular complexity index is 1550. The van der Waals surface area contributed by atoms with Gasteiger partial charge in [-0.25, -0.2) is 0 Å². The van der Waals surface area contributed by atoms with Gasteiger partial charge in [0.05, 0.1) is 17.7 Å². The van der Waals surface area contributed by atoms with Crippen LogP contribution in [0.2, 0.25) is 5.02 Å². The standard InChI is InChI=1S/C30H21ClN2O4S/c1-37-26-12-2-20(3-13-26)18-22-19-29(21-4-6-23(31)7-5-21)32(30(22)34)24-8-14-27(15-9-24)38-28-16-10-25(11-17-28)33(35)36/h2-19H,1H3/b22-18-. The number of hydrogen-bond acceptors (Lipinski definition) is 5. The van der Waals surface area contributed by atoms with Gasteiger partial charge in [-0.3, -0.25) is 19.8 Å². The molecule has 1 aliphatic heterocycles. The summed E-state index contributed by atoms with van der Waals surface area (Å²) in [6.07, 6.45) is 3.74. The van der Waals surface area contributed by atoms with Crippen molar-refractivity contribution in [3.05, 3.63) is 135 Å². The fourth-order valence-corrected chi connectivity index (χ4v) is 4.96. The van der Waals surface area contributed by atoms with Gasteiger partial charge < -0.3 is 4.74 Å². The summed E-state index contributed by atoms with van der Waals surface area (Å²) in [6, 6.07) is 29.0. The number of non-ortho nitro benzene ring substituents is 1. The molecule has 0 N–H and O–H groups in total. The number of halogens is 1. The Balaban J connectivity index is 1.45. The molecule has 0 spiro atoms. The predicted molar refractivity (Wildman–Crippen MR) is 152 cm³/mol. The number of ether oxygens (including phenoxy) is 1. The lowest BCUT2D eigenvalue weighted by Crippen LogP contribution is -2.24. The Morgan fingerprint density at radius 1 is 0.868 bits per heavy atom. The van der Waals surface area contributed by atoms with Crippen molar-refractivity contribution < 1.29 is 14.5 Å². The third-order valence-corrected chi connectivity index (χ3v) is 7.21. The number of rotatable bonds is 7. The largest absolute Gasteiger partial charge is 0.497 e. The van der Waals surface area contributed by atoms with Crippen LogP contribution in [0.25, 0.3) is 11.8 Å². The molecule has 0 aromatic heterocycles. The number of carbonyl (C=O) groups excluding carboxylic acids is 1. The first-order valence-corrected chi connectivity index (χ1v) is 12.8. The SMILES string of the molecule is COc1ccc(/C=C2/C=C(c3ccc(Cl)cc3)N(c3ccc(Sc4ccc([N+](=O)[O-])cc4)cc3)C2=O)cc1. The number of nitrogens with zero attached hydrogens (tertiary/aromatic N) is 2. The van der Waals surface area contributed by atoms with Crippen molar-refractivity contribution in [2.75, 3.05) is 12.0 Å². The van der Waals surface area contributed by atoms with E-state index < -0.39 is 4.92 Å². The first-order valence-electron chi connectivity index (χ1n) is 11.6. The first kappa shape index (κ1) is 25.3. The molecule has 1 heterocycles. The first-order chi connectivity index (χ1) is 18.4. The summed E-state index contributed by atoms with van der Waals surface area (Å²) in [5.74, 6) is 0.608. The van der Waals surface area contributed by atoms with E-state index in [1.54, 1.807) is 36.3 Å². The second kappa shape index (κ2) is 11.0. The maximum Gasteiger partial charge on any atom is 0.269 e. The molecule has 188 valence electrons. The van der Waals surface area contributed by atoms with E-state index in [1.807, 2.05) is 72.8 Å². The van der Waals surface area contributed by atoms with Crippen molar-refractivity contribution in [2.45, 2.75) is 9.79 Å². The normalized spacial score (nSPS) is 14.1. The van der Waals surface area contributed by atoms with E-state index >= 15 is 0 Å². The molecule has 5 rings (SSSR count). The summed E-state index contributed by atoms with van der Waals surface area (Å²) in [5.41, 5.74) is 3.84. The maximum atomic E-state index is 13.6. The van der Waals surface area contributed by atoms with Gasteiger partial charge in [0.25, 0.3) is 11.6 Å². The number of benzene rings is 4. The summed E-state index contributed by atoms with van der Waals surface area (Å²) in [7, 11) is 1.61. The molecule has 4 aromatic rings. The van der Waals surface area contributed by atoms with Crippen LogP contribution in [0.3, 0.4) is 0 Å². The zero-order valence-corrected chi connectivity index (χ0v) is 21.8. The van der Waals surface area contributed by atoms with E-state index in [-0.39, 0.29) is 11.6 Å². The molecule has 0 radical (unpaired) electrons. The lowest BCUT2D eigenvalue weighted by molar-refractivity contribution is -0.384. The Morgan fingerprint density at radius 2 is 1.47 bits per heavy atom. The van der Waals surface area contributed by atoms with Gasteiger partial charge >= 0.3 is 0 Å². The molecule has 8 heteroatoms. The second-order valence-electron chi connectivity index (χ2n) is 8.40. The number of anilines is 1. The monoisotopic (exact) mass is 540 g/mol. The van der Waals surface area contributed by atoms with Crippen molar-refractivity contribution >= 4 is 52.4 Å². The molecule has 0 aliphatic carbocycles. The van der Waals surface area contributed by atoms with E-state index in [1.165, 1.54) is 23.9 Å². The van der Waals surface area contributed by atoms with Gasteiger partial charge in [-0.1, -0.05) is 47.6 Å². The molecule has 1 aliphatic rings. The van der Waals surface area contributed by atoms with E-state index in [2.05, 4.69) is 0 Å². The number of nitro groups is 1. The highest BCUT2D eigenvalue weighted by atomic mass is 35.5. The molecule has 0 saturated carbocycles. The number of methoxy groups -OCH3 is 1. The number of carbonyl (C=O) groups is 1. The van der Waals surface area contributed by atoms with Crippen LogP contribution in [0.1, 0.15) is 11.1 Å². The van der Waals surface area contributed by atoms with Crippen LogP contribution in [-0.4, -0.2) is 17.9 Å². The van der Waals surface area contributed by atoms with Gasteiger partial charge in [0.15, 0.2) is 0 Å². The third kappa shape index (κ3) is 5.49.